The Morgan fingerprint density at radius 2 is 2.29 bits per heavy atom. The highest BCUT2D eigenvalue weighted by molar-refractivity contribution is 7.99. The van der Waals surface area contributed by atoms with Crippen LogP contribution in [0, 0.1) is 5.41 Å². The Labute approximate surface area is 105 Å². The predicted octanol–water partition coefficient (Wildman–Crippen LogP) is 2.76. The highest BCUT2D eigenvalue weighted by Gasteiger charge is 2.12. The topological polar surface area (TPSA) is 78.6 Å². The summed E-state index contributed by atoms with van der Waals surface area (Å²) in [5.74, 6) is 0.237. The summed E-state index contributed by atoms with van der Waals surface area (Å²) in [5.41, 5.74) is 7.47. The zero-order valence-corrected chi connectivity index (χ0v) is 10.6. The molecule has 90 valence electrons. The lowest BCUT2D eigenvalue weighted by Gasteiger charge is -2.10. The third-order valence-corrected chi connectivity index (χ3v) is 3.80. The number of H-pyrrole nitrogens is 1. The number of fused-ring (bicyclic) bond motifs is 1. The predicted molar refractivity (Wildman–Crippen MR) is 72.6 cm³/mol. The molecule has 17 heavy (non-hydrogen) atoms. The molecule has 0 bridgehead atoms. The lowest BCUT2D eigenvalue weighted by Crippen LogP contribution is -2.16. The lowest BCUT2D eigenvalue weighted by atomic mass is 10.2. The largest absolute Gasteiger partial charge is 0.388 e. The molecule has 0 aliphatic heterocycles. The summed E-state index contributed by atoms with van der Waals surface area (Å²) in [6.45, 7) is 2.10. The summed E-state index contributed by atoms with van der Waals surface area (Å²) in [7, 11) is 0. The number of nitrogens with zero attached hydrogens (tertiary/aromatic N) is 1. The molecule has 0 saturated heterocycles. The summed E-state index contributed by atoms with van der Waals surface area (Å²) >= 11 is 1.66. The second kappa shape index (κ2) is 5.23. The standard InChI is InChI=1S/C12H16N4S/c1-2-8(7-11(13)14)17-12-15-9-5-3-4-6-10(9)16-12/h3-6,8H,2,7H2,1H3,(H3,13,14)(H,15,16). The van der Waals surface area contributed by atoms with E-state index in [1.165, 1.54) is 0 Å². The number of hydrogen-bond donors (Lipinski definition) is 3. The van der Waals surface area contributed by atoms with Crippen molar-refractivity contribution in [2.24, 2.45) is 5.73 Å². The molecule has 0 aliphatic rings. The van der Waals surface area contributed by atoms with E-state index in [1.807, 2.05) is 24.3 Å². The first-order chi connectivity index (χ1) is 8.19. The number of hydrogen-bond acceptors (Lipinski definition) is 3. The molecule has 0 spiro atoms. The fourth-order valence-electron chi connectivity index (χ4n) is 1.66. The van der Waals surface area contributed by atoms with Gasteiger partial charge in [-0.05, 0) is 18.6 Å². The van der Waals surface area contributed by atoms with Gasteiger partial charge < -0.3 is 10.7 Å². The summed E-state index contributed by atoms with van der Waals surface area (Å²) in [4.78, 5) is 7.78. The summed E-state index contributed by atoms with van der Waals surface area (Å²) in [5, 5.41) is 8.55. The Morgan fingerprint density at radius 1 is 1.53 bits per heavy atom. The second-order valence-electron chi connectivity index (χ2n) is 3.94. The zero-order chi connectivity index (χ0) is 12.3. The van der Waals surface area contributed by atoms with Gasteiger partial charge in [0.2, 0.25) is 0 Å². The monoisotopic (exact) mass is 248 g/mol. The number of benzene rings is 1. The fraction of sp³-hybridized carbons (Fsp3) is 0.333. The number of imidazole rings is 1. The van der Waals surface area contributed by atoms with Gasteiger partial charge in [-0.25, -0.2) is 4.98 Å². The van der Waals surface area contributed by atoms with Crippen molar-refractivity contribution in [1.29, 1.82) is 5.41 Å². The van der Waals surface area contributed by atoms with Gasteiger partial charge in [0, 0.05) is 11.7 Å². The molecular weight excluding hydrogens is 232 g/mol. The van der Waals surface area contributed by atoms with Crippen LogP contribution in [0.5, 0.6) is 0 Å². The van der Waals surface area contributed by atoms with Crippen molar-refractivity contribution in [3.8, 4) is 0 Å². The smallest absolute Gasteiger partial charge is 0.166 e. The van der Waals surface area contributed by atoms with Gasteiger partial charge in [0.05, 0.1) is 16.9 Å². The zero-order valence-electron chi connectivity index (χ0n) is 9.73. The fourth-order valence-corrected chi connectivity index (χ4v) is 2.72. The quantitative estimate of drug-likeness (QED) is 0.432. The van der Waals surface area contributed by atoms with Crippen LogP contribution in [0.3, 0.4) is 0 Å². The van der Waals surface area contributed by atoms with E-state index in [9.17, 15) is 0 Å². The van der Waals surface area contributed by atoms with Gasteiger partial charge >= 0.3 is 0 Å². The van der Waals surface area contributed by atoms with Crippen molar-refractivity contribution in [3.63, 3.8) is 0 Å². The number of amidine groups is 1. The van der Waals surface area contributed by atoms with Crippen LogP contribution in [0.1, 0.15) is 19.8 Å². The number of rotatable bonds is 5. The molecule has 1 heterocycles. The normalized spacial score (nSPS) is 12.8. The summed E-state index contributed by atoms with van der Waals surface area (Å²) < 4.78 is 0. The van der Waals surface area contributed by atoms with Crippen LogP contribution in [0.4, 0.5) is 0 Å². The van der Waals surface area contributed by atoms with Crippen LogP contribution in [0.25, 0.3) is 11.0 Å². The van der Waals surface area contributed by atoms with E-state index in [1.54, 1.807) is 11.8 Å². The maximum absolute atomic E-state index is 7.34. The molecule has 0 fully saturated rings. The van der Waals surface area contributed by atoms with Crippen molar-refractivity contribution in [3.05, 3.63) is 24.3 Å². The Morgan fingerprint density at radius 3 is 2.94 bits per heavy atom. The Bertz CT molecular complexity index is 487. The molecule has 4 nitrogen and oxygen atoms in total. The average Bonchev–Trinajstić information content (AvgIpc) is 2.69. The number of nitrogens with two attached hydrogens (primary N) is 1. The molecule has 2 aromatic rings. The highest BCUT2D eigenvalue weighted by Crippen LogP contribution is 2.26. The number of nitrogens with one attached hydrogen (secondary N) is 2. The van der Waals surface area contributed by atoms with Crippen molar-refractivity contribution < 1.29 is 0 Å². The van der Waals surface area contributed by atoms with Gasteiger partial charge in [-0.15, -0.1) is 0 Å². The first-order valence-electron chi connectivity index (χ1n) is 5.63. The first-order valence-corrected chi connectivity index (χ1v) is 6.51. The Kier molecular flexibility index (Phi) is 3.68. The van der Waals surface area contributed by atoms with Gasteiger partial charge in [0.1, 0.15) is 0 Å². The van der Waals surface area contributed by atoms with Crippen LogP contribution >= 0.6 is 11.8 Å². The van der Waals surface area contributed by atoms with Gasteiger partial charge in [-0.1, -0.05) is 30.8 Å². The molecule has 0 aliphatic carbocycles. The summed E-state index contributed by atoms with van der Waals surface area (Å²) in [6.07, 6.45) is 1.58. The van der Waals surface area contributed by atoms with E-state index < -0.39 is 0 Å². The SMILES string of the molecule is CCC(CC(=N)N)Sc1nc2ccccc2[nH]1. The van der Waals surface area contributed by atoms with E-state index in [-0.39, 0.29) is 5.84 Å². The van der Waals surface area contributed by atoms with Crippen molar-refractivity contribution in [1.82, 2.24) is 9.97 Å². The molecule has 1 atom stereocenters. The Balaban J connectivity index is 2.14. The van der Waals surface area contributed by atoms with E-state index in [2.05, 4.69) is 16.9 Å². The van der Waals surface area contributed by atoms with Crippen molar-refractivity contribution in [2.45, 2.75) is 30.2 Å². The maximum atomic E-state index is 7.34. The number of para-hydroxylation sites is 2. The van der Waals surface area contributed by atoms with Crippen molar-refractivity contribution >= 4 is 28.6 Å². The van der Waals surface area contributed by atoms with Crippen LogP contribution in [0.2, 0.25) is 0 Å². The molecule has 1 unspecified atom stereocenters. The maximum Gasteiger partial charge on any atom is 0.166 e. The second-order valence-corrected chi connectivity index (χ2v) is 5.23. The highest BCUT2D eigenvalue weighted by atomic mass is 32.2. The van der Waals surface area contributed by atoms with E-state index >= 15 is 0 Å². The van der Waals surface area contributed by atoms with E-state index in [4.69, 9.17) is 11.1 Å². The Hall–Kier alpha value is -1.49. The summed E-state index contributed by atoms with van der Waals surface area (Å²) in [6, 6.07) is 7.96. The van der Waals surface area contributed by atoms with Crippen molar-refractivity contribution in [2.75, 3.05) is 0 Å². The molecule has 0 saturated carbocycles. The number of thioether (sulfide) groups is 1. The van der Waals surface area contributed by atoms with Gasteiger partial charge in [0.15, 0.2) is 5.16 Å². The van der Waals surface area contributed by atoms with Gasteiger partial charge in [-0.3, -0.25) is 5.41 Å². The minimum Gasteiger partial charge on any atom is -0.388 e. The third kappa shape index (κ3) is 3.00. The molecule has 1 aromatic carbocycles. The molecule has 5 heteroatoms. The van der Waals surface area contributed by atoms with Crippen LogP contribution in [0.15, 0.2) is 29.4 Å². The third-order valence-electron chi connectivity index (χ3n) is 2.55. The van der Waals surface area contributed by atoms with Crippen LogP contribution < -0.4 is 5.73 Å². The molecule has 2 rings (SSSR count). The van der Waals surface area contributed by atoms with E-state index in [0.29, 0.717) is 11.7 Å². The van der Waals surface area contributed by atoms with Crippen LogP contribution in [-0.2, 0) is 0 Å². The number of aromatic amines is 1. The molecular formula is C12H16N4S. The minimum absolute atomic E-state index is 0.237. The first kappa shape index (κ1) is 12.0. The average molecular weight is 248 g/mol. The van der Waals surface area contributed by atoms with Crippen LogP contribution in [-0.4, -0.2) is 21.1 Å². The van der Waals surface area contributed by atoms with Gasteiger partial charge in [0.25, 0.3) is 0 Å². The molecule has 1 aromatic heterocycles. The lowest BCUT2D eigenvalue weighted by molar-refractivity contribution is 0.843. The molecule has 0 radical (unpaired) electrons. The molecule has 0 amide bonds. The van der Waals surface area contributed by atoms with E-state index in [0.717, 1.165) is 22.6 Å². The number of aromatic nitrogens is 2. The molecule has 4 N–H and O–H groups in total. The minimum atomic E-state index is 0.237. The van der Waals surface area contributed by atoms with Gasteiger partial charge in [-0.2, -0.15) is 0 Å².